The minimum Gasteiger partial charge on any atom is -0.338 e. The summed E-state index contributed by atoms with van der Waals surface area (Å²) in [5, 5.41) is 0. The van der Waals surface area contributed by atoms with Crippen LogP contribution in [0.1, 0.15) is 59.3 Å². The standard InChI is InChI=1S/C14H28N2O/c1-4-12(5-2)16(11-10-15)13(17)14(3)8-6-7-9-14/h12H,4-11,15H2,1-3H3. The summed E-state index contributed by atoms with van der Waals surface area (Å²) < 4.78 is 0. The predicted octanol–water partition coefficient (Wildman–Crippen LogP) is 2.54. The number of hydrogen-bond acceptors (Lipinski definition) is 2. The van der Waals surface area contributed by atoms with Crippen LogP contribution in [0, 0.1) is 5.41 Å². The molecule has 0 saturated heterocycles. The van der Waals surface area contributed by atoms with Crippen molar-refractivity contribution in [3.8, 4) is 0 Å². The monoisotopic (exact) mass is 240 g/mol. The Morgan fingerprint density at radius 2 is 1.82 bits per heavy atom. The van der Waals surface area contributed by atoms with E-state index in [4.69, 9.17) is 5.73 Å². The molecule has 0 heterocycles. The van der Waals surface area contributed by atoms with Crippen LogP contribution < -0.4 is 5.73 Å². The summed E-state index contributed by atoms with van der Waals surface area (Å²) in [7, 11) is 0. The predicted molar refractivity (Wildman–Crippen MR) is 71.7 cm³/mol. The molecule has 0 radical (unpaired) electrons. The maximum Gasteiger partial charge on any atom is 0.228 e. The second-order valence-electron chi connectivity index (χ2n) is 5.53. The normalized spacial score (nSPS) is 18.6. The van der Waals surface area contributed by atoms with Gasteiger partial charge in [-0.05, 0) is 25.7 Å². The molecule has 1 rings (SSSR count). The summed E-state index contributed by atoms with van der Waals surface area (Å²) in [6.45, 7) is 7.72. The van der Waals surface area contributed by atoms with Crippen molar-refractivity contribution in [3.05, 3.63) is 0 Å². The Morgan fingerprint density at radius 3 is 2.24 bits per heavy atom. The number of carbonyl (C=O) groups is 1. The fraction of sp³-hybridized carbons (Fsp3) is 0.929. The SMILES string of the molecule is CCC(CC)N(CCN)C(=O)C1(C)CCCC1. The smallest absolute Gasteiger partial charge is 0.228 e. The van der Waals surface area contributed by atoms with Gasteiger partial charge in [0.05, 0.1) is 0 Å². The molecule has 1 aliphatic rings. The molecule has 0 spiro atoms. The molecule has 1 saturated carbocycles. The maximum absolute atomic E-state index is 12.7. The van der Waals surface area contributed by atoms with Gasteiger partial charge in [-0.2, -0.15) is 0 Å². The molecule has 100 valence electrons. The maximum atomic E-state index is 12.7. The van der Waals surface area contributed by atoms with Gasteiger partial charge in [-0.15, -0.1) is 0 Å². The second-order valence-corrected chi connectivity index (χ2v) is 5.53. The molecule has 0 aromatic carbocycles. The van der Waals surface area contributed by atoms with Gasteiger partial charge in [-0.25, -0.2) is 0 Å². The molecular formula is C14H28N2O. The summed E-state index contributed by atoms with van der Waals surface area (Å²) in [6, 6.07) is 0.364. The molecule has 0 aliphatic heterocycles. The molecule has 0 aromatic rings. The van der Waals surface area contributed by atoms with E-state index in [0.29, 0.717) is 25.0 Å². The Morgan fingerprint density at radius 1 is 1.29 bits per heavy atom. The summed E-state index contributed by atoms with van der Waals surface area (Å²) in [6.07, 6.45) is 6.54. The van der Waals surface area contributed by atoms with Crippen molar-refractivity contribution >= 4 is 5.91 Å². The first-order valence-corrected chi connectivity index (χ1v) is 7.10. The van der Waals surface area contributed by atoms with Gasteiger partial charge in [0.1, 0.15) is 0 Å². The van der Waals surface area contributed by atoms with Gasteiger partial charge < -0.3 is 10.6 Å². The van der Waals surface area contributed by atoms with E-state index in [1.165, 1.54) is 12.8 Å². The Labute approximate surface area is 106 Å². The van der Waals surface area contributed by atoms with Gasteiger partial charge in [0.25, 0.3) is 0 Å². The molecule has 17 heavy (non-hydrogen) atoms. The lowest BCUT2D eigenvalue weighted by Gasteiger charge is -2.36. The van der Waals surface area contributed by atoms with Crippen molar-refractivity contribution in [2.75, 3.05) is 13.1 Å². The van der Waals surface area contributed by atoms with Crippen molar-refractivity contribution in [2.24, 2.45) is 11.1 Å². The van der Waals surface area contributed by atoms with Gasteiger partial charge in [0, 0.05) is 24.5 Å². The molecule has 2 N–H and O–H groups in total. The number of carbonyl (C=O) groups excluding carboxylic acids is 1. The van der Waals surface area contributed by atoms with E-state index in [9.17, 15) is 4.79 Å². The van der Waals surface area contributed by atoms with Crippen LogP contribution in [0.2, 0.25) is 0 Å². The third-order valence-electron chi connectivity index (χ3n) is 4.24. The fourth-order valence-electron chi connectivity index (χ4n) is 3.03. The largest absolute Gasteiger partial charge is 0.338 e. The van der Waals surface area contributed by atoms with Crippen molar-refractivity contribution in [3.63, 3.8) is 0 Å². The highest BCUT2D eigenvalue weighted by Crippen LogP contribution is 2.39. The van der Waals surface area contributed by atoms with Crippen molar-refractivity contribution in [1.82, 2.24) is 4.90 Å². The van der Waals surface area contributed by atoms with Crippen LogP contribution in [0.3, 0.4) is 0 Å². The van der Waals surface area contributed by atoms with Crippen molar-refractivity contribution < 1.29 is 4.79 Å². The van der Waals surface area contributed by atoms with Gasteiger partial charge in [0.2, 0.25) is 5.91 Å². The van der Waals surface area contributed by atoms with E-state index in [0.717, 1.165) is 25.7 Å². The highest BCUT2D eigenvalue weighted by atomic mass is 16.2. The lowest BCUT2D eigenvalue weighted by Crippen LogP contribution is -2.48. The second kappa shape index (κ2) is 6.39. The Bertz CT molecular complexity index is 243. The highest BCUT2D eigenvalue weighted by Gasteiger charge is 2.40. The van der Waals surface area contributed by atoms with Crippen LogP contribution in [0.5, 0.6) is 0 Å². The topological polar surface area (TPSA) is 46.3 Å². The average Bonchev–Trinajstić information content (AvgIpc) is 2.77. The first-order chi connectivity index (χ1) is 8.09. The zero-order valence-electron chi connectivity index (χ0n) is 11.7. The van der Waals surface area contributed by atoms with E-state index >= 15 is 0 Å². The van der Waals surface area contributed by atoms with Crippen LogP contribution in [0.15, 0.2) is 0 Å². The van der Waals surface area contributed by atoms with Crippen molar-refractivity contribution in [2.45, 2.75) is 65.3 Å². The molecule has 0 aromatic heterocycles. The number of nitrogens with two attached hydrogens (primary N) is 1. The minimum absolute atomic E-state index is 0.113. The van der Waals surface area contributed by atoms with Crippen LogP contribution >= 0.6 is 0 Å². The van der Waals surface area contributed by atoms with Gasteiger partial charge in [-0.1, -0.05) is 33.6 Å². The number of rotatable bonds is 6. The quantitative estimate of drug-likeness (QED) is 0.775. The molecule has 1 fully saturated rings. The average molecular weight is 240 g/mol. The minimum atomic E-state index is -0.113. The molecule has 3 nitrogen and oxygen atoms in total. The summed E-state index contributed by atoms with van der Waals surface area (Å²) in [5.74, 6) is 0.342. The lowest BCUT2D eigenvalue weighted by molar-refractivity contribution is -0.143. The van der Waals surface area contributed by atoms with Crippen molar-refractivity contribution in [1.29, 1.82) is 0 Å². The van der Waals surface area contributed by atoms with Gasteiger partial charge in [-0.3, -0.25) is 4.79 Å². The molecule has 3 heteroatoms. The Kier molecular flexibility index (Phi) is 5.44. The number of hydrogen-bond donors (Lipinski definition) is 1. The lowest BCUT2D eigenvalue weighted by atomic mass is 9.86. The first kappa shape index (κ1) is 14.5. The third kappa shape index (κ3) is 3.21. The van der Waals surface area contributed by atoms with E-state index in [1.54, 1.807) is 0 Å². The van der Waals surface area contributed by atoms with E-state index < -0.39 is 0 Å². The molecule has 0 unspecified atom stereocenters. The van der Waals surface area contributed by atoms with E-state index in [1.807, 2.05) is 4.90 Å². The summed E-state index contributed by atoms with van der Waals surface area (Å²) in [4.78, 5) is 14.7. The van der Waals surface area contributed by atoms with Crippen LogP contribution in [0.4, 0.5) is 0 Å². The molecule has 0 bridgehead atoms. The molecular weight excluding hydrogens is 212 g/mol. The summed E-state index contributed by atoms with van der Waals surface area (Å²) in [5.41, 5.74) is 5.55. The van der Waals surface area contributed by atoms with Gasteiger partial charge >= 0.3 is 0 Å². The van der Waals surface area contributed by atoms with Crippen LogP contribution in [-0.4, -0.2) is 29.9 Å². The van der Waals surface area contributed by atoms with E-state index in [2.05, 4.69) is 20.8 Å². The Hall–Kier alpha value is -0.570. The molecule has 1 aliphatic carbocycles. The zero-order chi connectivity index (χ0) is 12.9. The fourth-order valence-corrected chi connectivity index (χ4v) is 3.03. The third-order valence-corrected chi connectivity index (χ3v) is 4.24. The molecule has 1 amide bonds. The van der Waals surface area contributed by atoms with Crippen LogP contribution in [0.25, 0.3) is 0 Å². The number of nitrogens with zero attached hydrogens (tertiary/aromatic N) is 1. The van der Waals surface area contributed by atoms with Gasteiger partial charge in [0.15, 0.2) is 0 Å². The Balaban J connectivity index is 2.78. The van der Waals surface area contributed by atoms with E-state index in [-0.39, 0.29) is 5.41 Å². The first-order valence-electron chi connectivity index (χ1n) is 7.10. The highest BCUT2D eigenvalue weighted by molar-refractivity contribution is 5.83. The van der Waals surface area contributed by atoms with Crippen LogP contribution in [-0.2, 0) is 4.79 Å². The number of amides is 1. The zero-order valence-corrected chi connectivity index (χ0v) is 11.7. The molecule has 0 atom stereocenters. The summed E-state index contributed by atoms with van der Waals surface area (Å²) >= 11 is 0.